The molecule has 2 atom stereocenters. The molecule has 1 aliphatic heterocycles. The number of nitrogens with two attached hydrogens (primary N) is 1. The minimum Gasteiger partial charge on any atom is -0.364 e. The number of amides is 3. The topological polar surface area (TPSA) is 139 Å². The molecule has 1 aromatic rings. The molecule has 0 bridgehead atoms. The van der Waals surface area contributed by atoms with Gasteiger partial charge in [-0.3, -0.25) is 19.8 Å². The SMILES string of the molecule is CC(C)CC[C@H](C(=O)NNC[C@@H]1CCNC1=O)c1conc1C(N)=O. The molecule has 0 aliphatic carbocycles. The van der Waals surface area contributed by atoms with Crippen LogP contribution in [0.15, 0.2) is 10.8 Å². The van der Waals surface area contributed by atoms with E-state index in [0.29, 0.717) is 31.0 Å². The zero-order chi connectivity index (χ0) is 18.4. The Hall–Kier alpha value is -2.42. The van der Waals surface area contributed by atoms with E-state index in [0.717, 1.165) is 12.8 Å². The van der Waals surface area contributed by atoms with Gasteiger partial charge in [0.05, 0.1) is 11.8 Å². The third-order valence-corrected chi connectivity index (χ3v) is 4.28. The number of hydrogen-bond donors (Lipinski definition) is 4. The summed E-state index contributed by atoms with van der Waals surface area (Å²) in [7, 11) is 0. The third-order valence-electron chi connectivity index (χ3n) is 4.28. The van der Waals surface area contributed by atoms with Gasteiger partial charge in [0.15, 0.2) is 5.69 Å². The first kappa shape index (κ1) is 18.9. The Kier molecular flexibility index (Phi) is 6.51. The Balaban J connectivity index is 2.01. The van der Waals surface area contributed by atoms with Crippen molar-refractivity contribution in [3.8, 4) is 0 Å². The highest BCUT2D eigenvalue weighted by Gasteiger charge is 2.29. The molecule has 0 unspecified atom stereocenters. The van der Waals surface area contributed by atoms with Crippen LogP contribution in [0.2, 0.25) is 0 Å². The van der Waals surface area contributed by atoms with Gasteiger partial charge in [-0.15, -0.1) is 0 Å². The van der Waals surface area contributed by atoms with Gasteiger partial charge < -0.3 is 15.6 Å². The summed E-state index contributed by atoms with van der Waals surface area (Å²) in [6, 6.07) is 0. The predicted molar refractivity (Wildman–Crippen MR) is 89.1 cm³/mol. The van der Waals surface area contributed by atoms with Crippen molar-refractivity contribution in [2.45, 2.75) is 39.0 Å². The lowest BCUT2D eigenvalue weighted by Crippen LogP contribution is -2.44. The summed E-state index contributed by atoms with van der Waals surface area (Å²) in [6.07, 6.45) is 3.33. The van der Waals surface area contributed by atoms with E-state index in [1.165, 1.54) is 6.26 Å². The maximum Gasteiger partial charge on any atom is 0.271 e. The first-order valence-corrected chi connectivity index (χ1v) is 8.44. The van der Waals surface area contributed by atoms with Crippen LogP contribution in [0.1, 0.15) is 55.1 Å². The molecule has 3 amide bonds. The number of hydrazine groups is 1. The molecule has 5 N–H and O–H groups in total. The molecule has 0 radical (unpaired) electrons. The largest absolute Gasteiger partial charge is 0.364 e. The first-order valence-electron chi connectivity index (χ1n) is 8.44. The highest BCUT2D eigenvalue weighted by molar-refractivity contribution is 5.95. The lowest BCUT2D eigenvalue weighted by Gasteiger charge is -2.18. The number of rotatable bonds is 9. The van der Waals surface area contributed by atoms with Crippen LogP contribution >= 0.6 is 0 Å². The zero-order valence-corrected chi connectivity index (χ0v) is 14.5. The number of carbonyl (C=O) groups excluding carboxylic acids is 3. The van der Waals surface area contributed by atoms with Gasteiger partial charge in [0, 0.05) is 18.7 Å². The maximum absolute atomic E-state index is 12.6. The molecule has 0 aromatic carbocycles. The molecule has 1 fully saturated rings. The summed E-state index contributed by atoms with van der Waals surface area (Å²) in [5.41, 5.74) is 11.1. The van der Waals surface area contributed by atoms with E-state index in [-0.39, 0.29) is 23.4 Å². The average Bonchev–Trinajstić information content (AvgIpc) is 3.17. The summed E-state index contributed by atoms with van der Waals surface area (Å²) < 4.78 is 4.84. The second-order valence-electron chi connectivity index (χ2n) is 6.65. The number of hydrogen-bond acceptors (Lipinski definition) is 6. The maximum atomic E-state index is 12.6. The van der Waals surface area contributed by atoms with Gasteiger partial charge in [0.25, 0.3) is 5.91 Å². The monoisotopic (exact) mass is 351 g/mol. The summed E-state index contributed by atoms with van der Waals surface area (Å²) in [5.74, 6) is -1.45. The molecule has 1 aromatic heterocycles. The number of nitrogens with zero attached hydrogens (tertiary/aromatic N) is 1. The minimum atomic E-state index is -0.735. The van der Waals surface area contributed by atoms with Crippen LogP contribution in [0.3, 0.4) is 0 Å². The highest BCUT2D eigenvalue weighted by Crippen LogP contribution is 2.26. The van der Waals surface area contributed by atoms with E-state index < -0.39 is 11.8 Å². The average molecular weight is 351 g/mol. The van der Waals surface area contributed by atoms with Crippen LogP contribution in [0, 0.1) is 11.8 Å². The molecule has 9 heteroatoms. The van der Waals surface area contributed by atoms with Crippen molar-refractivity contribution >= 4 is 17.7 Å². The minimum absolute atomic E-state index is 0.0202. The van der Waals surface area contributed by atoms with Gasteiger partial charge in [0.1, 0.15) is 6.26 Å². The molecule has 0 spiro atoms. The van der Waals surface area contributed by atoms with Crippen molar-refractivity contribution in [2.24, 2.45) is 17.6 Å². The van der Waals surface area contributed by atoms with Crippen molar-refractivity contribution < 1.29 is 18.9 Å². The zero-order valence-electron chi connectivity index (χ0n) is 14.5. The standard InChI is InChI=1S/C16H25N5O4/c1-9(2)3-4-11(12-8-25-21-13(12)14(17)22)16(24)20-19-7-10-5-6-18-15(10)23/h8-11,19H,3-7H2,1-2H3,(H2,17,22)(H,18,23)(H,20,24)/t10-,11-/m0/s1. The number of nitrogens with one attached hydrogen (secondary N) is 3. The van der Waals surface area contributed by atoms with Gasteiger partial charge in [-0.1, -0.05) is 19.0 Å². The molecular weight excluding hydrogens is 326 g/mol. The van der Waals surface area contributed by atoms with E-state index in [1.54, 1.807) is 0 Å². The normalized spacial score (nSPS) is 18.2. The van der Waals surface area contributed by atoms with Gasteiger partial charge in [-0.25, -0.2) is 5.43 Å². The Morgan fingerprint density at radius 3 is 2.80 bits per heavy atom. The van der Waals surface area contributed by atoms with Crippen LogP contribution in [0.25, 0.3) is 0 Å². The fourth-order valence-electron chi connectivity index (χ4n) is 2.79. The summed E-state index contributed by atoms with van der Waals surface area (Å²) in [6.45, 7) is 5.10. The second-order valence-corrected chi connectivity index (χ2v) is 6.65. The highest BCUT2D eigenvalue weighted by atomic mass is 16.5. The number of primary amides is 1. The van der Waals surface area contributed by atoms with E-state index in [2.05, 4.69) is 35.2 Å². The molecule has 0 saturated carbocycles. The van der Waals surface area contributed by atoms with Crippen LogP contribution in [-0.2, 0) is 9.59 Å². The smallest absolute Gasteiger partial charge is 0.271 e. The lowest BCUT2D eigenvalue weighted by atomic mass is 9.91. The van der Waals surface area contributed by atoms with E-state index in [1.807, 2.05) is 0 Å². The Labute approximate surface area is 146 Å². The van der Waals surface area contributed by atoms with Crippen LogP contribution < -0.4 is 21.9 Å². The van der Waals surface area contributed by atoms with Gasteiger partial charge in [-0.2, -0.15) is 0 Å². The molecule has 138 valence electrons. The Morgan fingerprint density at radius 2 is 2.20 bits per heavy atom. The van der Waals surface area contributed by atoms with Gasteiger partial charge in [-0.05, 0) is 25.2 Å². The predicted octanol–water partition coefficient (Wildman–Crippen LogP) is 0.0502. The fourth-order valence-corrected chi connectivity index (χ4v) is 2.79. The molecule has 25 heavy (non-hydrogen) atoms. The van der Waals surface area contributed by atoms with Crippen LogP contribution in [-0.4, -0.2) is 36.0 Å². The van der Waals surface area contributed by atoms with E-state index in [9.17, 15) is 14.4 Å². The Morgan fingerprint density at radius 1 is 1.44 bits per heavy atom. The van der Waals surface area contributed by atoms with Crippen molar-refractivity contribution in [2.75, 3.05) is 13.1 Å². The third kappa shape index (κ3) is 5.02. The van der Waals surface area contributed by atoms with E-state index in [4.69, 9.17) is 10.3 Å². The van der Waals surface area contributed by atoms with Crippen molar-refractivity contribution in [1.29, 1.82) is 0 Å². The number of carbonyl (C=O) groups is 3. The Bertz CT molecular complexity index is 628. The lowest BCUT2D eigenvalue weighted by molar-refractivity contribution is -0.125. The van der Waals surface area contributed by atoms with E-state index >= 15 is 0 Å². The quantitative estimate of drug-likeness (QED) is 0.464. The summed E-state index contributed by atoms with van der Waals surface area (Å²) in [4.78, 5) is 35.6. The number of aromatic nitrogens is 1. The summed E-state index contributed by atoms with van der Waals surface area (Å²) >= 11 is 0. The van der Waals surface area contributed by atoms with Crippen LogP contribution in [0.5, 0.6) is 0 Å². The molecule has 9 nitrogen and oxygen atoms in total. The fraction of sp³-hybridized carbons (Fsp3) is 0.625. The summed E-state index contributed by atoms with van der Waals surface area (Å²) in [5, 5.41) is 6.34. The van der Waals surface area contributed by atoms with Crippen LogP contribution in [0.4, 0.5) is 0 Å². The molecular formula is C16H25N5O4. The van der Waals surface area contributed by atoms with Crippen molar-refractivity contribution in [1.82, 2.24) is 21.3 Å². The second kappa shape index (κ2) is 8.61. The molecule has 2 heterocycles. The van der Waals surface area contributed by atoms with Gasteiger partial charge >= 0.3 is 0 Å². The first-order chi connectivity index (χ1) is 11.9. The van der Waals surface area contributed by atoms with Crippen molar-refractivity contribution in [3.05, 3.63) is 17.5 Å². The van der Waals surface area contributed by atoms with Crippen molar-refractivity contribution in [3.63, 3.8) is 0 Å². The molecule has 1 saturated heterocycles. The van der Waals surface area contributed by atoms with Gasteiger partial charge in [0.2, 0.25) is 11.8 Å². The molecule has 2 rings (SSSR count). The molecule has 1 aliphatic rings.